The van der Waals surface area contributed by atoms with E-state index in [1.165, 1.54) is 24.8 Å². The smallest absolute Gasteiger partial charge is 0.490 e. The molecule has 2 aliphatic rings. The lowest BCUT2D eigenvalue weighted by atomic mass is 9.74. The van der Waals surface area contributed by atoms with Gasteiger partial charge in [0.2, 0.25) is 0 Å². The fourth-order valence-corrected chi connectivity index (χ4v) is 4.38. The van der Waals surface area contributed by atoms with Gasteiger partial charge in [-0.2, -0.15) is 13.2 Å². The van der Waals surface area contributed by atoms with Crippen LogP contribution in [0.2, 0.25) is 0 Å². The van der Waals surface area contributed by atoms with Gasteiger partial charge in [-0.25, -0.2) is 4.79 Å². The summed E-state index contributed by atoms with van der Waals surface area (Å²) < 4.78 is 48.8. The number of piperidine rings is 1. The summed E-state index contributed by atoms with van der Waals surface area (Å²) in [5.74, 6) is -1.63. The number of carbonyl (C=O) groups is 2. The molecule has 0 unspecified atom stereocenters. The summed E-state index contributed by atoms with van der Waals surface area (Å²) in [6.45, 7) is 4.82. The molecule has 2 heterocycles. The topological polar surface area (TPSA) is 106 Å². The van der Waals surface area contributed by atoms with Gasteiger partial charge in [-0.3, -0.25) is 4.79 Å². The number of aliphatic carboxylic acids is 2. The zero-order valence-corrected chi connectivity index (χ0v) is 20.6. The van der Waals surface area contributed by atoms with Gasteiger partial charge in [0, 0.05) is 37.3 Å². The van der Waals surface area contributed by atoms with E-state index in [1.807, 2.05) is 6.07 Å². The Morgan fingerprint density at radius 1 is 1.06 bits per heavy atom. The van der Waals surface area contributed by atoms with Crippen molar-refractivity contribution < 1.29 is 47.2 Å². The molecule has 0 aliphatic carbocycles. The van der Waals surface area contributed by atoms with Crippen molar-refractivity contribution in [1.29, 1.82) is 0 Å². The van der Waals surface area contributed by atoms with Gasteiger partial charge in [0.25, 0.3) is 0 Å². The van der Waals surface area contributed by atoms with Crippen LogP contribution in [0.15, 0.2) is 18.2 Å². The van der Waals surface area contributed by atoms with Crippen molar-refractivity contribution in [2.75, 3.05) is 46.6 Å². The molecule has 1 saturated heterocycles. The number of benzene rings is 1. The molecular weight excluding hydrogens is 483 g/mol. The average molecular weight is 520 g/mol. The van der Waals surface area contributed by atoms with Crippen molar-refractivity contribution >= 4 is 11.9 Å². The maximum atomic E-state index is 10.8. The molecule has 0 atom stereocenters. The summed E-state index contributed by atoms with van der Waals surface area (Å²) in [6, 6.07) is 6.29. The highest BCUT2D eigenvalue weighted by molar-refractivity contribution is 5.73. The largest absolute Gasteiger partial charge is 0.493 e. The summed E-state index contributed by atoms with van der Waals surface area (Å²) in [7, 11) is 1.75. The van der Waals surface area contributed by atoms with Crippen LogP contribution in [0.4, 0.5) is 13.2 Å². The van der Waals surface area contributed by atoms with E-state index in [1.54, 1.807) is 7.11 Å². The van der Waals surface area contributed by atoms with Gasteiger partial charge in [0.05, 0.1) is 19.6 Å². The van der Waals surface area contributed by atoms with Crippen LogP contribution < -0.4 is 9.47 Å². The van der Waals surface area contributed by atoms with E-state index in [-0.39, 0.29) is 11.8 Å². The Labute approximate surface area is 209 Å². The molecule has 0 radical (unpaired) electrons. The van der Waals surface area contributed by atoms with E-state index in [0.29, 0.717) is 6.54 Å². The predicted octanol–water partition coefficient (Wildman–Crippen LogP) is 4.50. The van der Waals surface area contributed by atoms with Gasteiger partial charge < -0.3 is 29.3 Å². The Morgan fingerprint density at radius 3 is 2.25 bits per heavy atom. The van der Waals surface area contributed by atoms with Gasteiger partial charge in [-0.15, -0.1) is 0 Å². The fourth-order valence-electron chi connectivity index (χ4n) is 4.38. The summed E-state index contributed by atoms with van der Waals surface area (Å²) >= 11 is 0. The predicted molar refractivity (Wildman–Crippen MR) is 126 cm³/mol. The molecule has 1 spiro atoms. The van der Waals surface area contributed by atoms with E-state index in [4.69, 9.17) is 29.2 Å². The summed E-state index contributed by atoms with van der Waals surface area (Å²) in [6.07, 6.45) is 3.01. The van der Waals surface area contributed by atoms with Crippen LogP contribution in [-0.2, 0) is 19.7 Å². The number of fused-ring (bicyclic) bond motifs is 2. The number of likely N-dealkylation sites (tertiary alicyclic amines) is 1. The first-order chi connectivity index (χ1) is 17.1. The van der Waals surface area contributed by atoms with Crippen LogP contribution in [0.5, 0.6) is 11.5 Å². The highest BCUT2D eigenvalue weighted by Crippen LogP contribution is 2.46. The van der Waals surface area contributed by atoms with Gasteiger partial charge in [0.15, 0.2) is 0 Å². The van der Waals surface area contributed by atoms with Crippen LogP contribution in [0.3, 0.4) is 0 Å². The van der Waals surface area contributed by atoms with Gasteiger partial charge in [-0.1, -0.05) is 25.3 Å². The first kappa shape index (κ1) is 29.7. The Kier molecular flexibility index (Phi) is 11.8. The van der Waals surface area contributed by atoms with Gasteiger partial charge >= 0.3 is 18.1 Å². The SMILES string of the molecule is COCCCCCCCOc1ccc2c(c1)OCC21CCN(CCC(=O)O)CC1.O=C(O)C(F)(F)F. The van der Waals surface area contributed by atoms with E-state index in [2.05, 4.69) is 17.0 Å². The first-order valence-electron chi connectivity index (χ1n) is 12.2. The number of halogens is 3. The summed E-state index contributed by atoms with van der Waals surface area (Å²) in [5, 5.41) is 16.0. The van der Waals surface area contributed by atoms with Gasteiger partial charge in [0.1, 0.15) is 11.5 Å². The lowest BCUT2D eigenvalue weighted by Crippen LogP contribution is -2.44. The average Bonchev–Trinajstić information content (AvgIpc) is 3.17. The molecule has 1 aromatic rings. The monoisotopic (exact) mass is 519 g/mol. The molecule has 0 bridgehead atoms. The second-order valence-electron chi connectivity index (χ2n) is 9.12. The van der Waals surface area contributed by atoms with E-state index in [9.17, 15) is 18.0 Å². The van der Waals surface area contributed by atoms with Crippen LogP contribution in [0.25, 0.3) is 0 Å². The first-order valence-corrected chi connectivity index (χ1v) is 12.2. The van der Waals surface area contributed by atoms with Crippen LogP contribution in [0, 0.1) is 0 Å². The zero-order valence-electron chi connectivity index (χ0n) is 20.6. The molecule has 8 nitrogen and oxygen atoms in total. The molecule has 11 heteroatoms. The highest BCUT2D eigenvalue weighted by atomic mass is 19.4. The number of methoxy groups -OCH3 is 1. The number of carboxylic acid groups (broad SMARTS) is 2. The molecule has 36 heavy (non-hydrogen) atoms. The maximum absolute atomic E-state index is 10.8. The minimum atomic E-state index is -5.08. The maximum Gasteiger partial charge on any atom is 0.490 e. The van der Waals surface area contributed by atoms with Crippen molar-refractivity contribution in [3.8, 4) is 11.5 Å². The van der Waals surface area contributed by atoms with Crippen LogP contribution in [-0.4, -0.2) is 79.8 Å². The number of nitrogens with zero attached hydrogens (tertiary/aromatic N) is 1. The van der Waals surface area contributed by atoms with E-state index in [0.717, 1.165) is 70.1 Å². The summed E-state index contributed by atoms with van der Waals surface area (Å²) in [5.41, 5.74) is 1.37. The molecule has 0 amide bonds. The molecule has 0 aromatic heterocycles. The van der Waals surface area contributed by atoms with Crippen LogP contribution in [0.1, 0.15) is 56.9 Å². The number of alkyl halides is 3. The number of rotatable bonds is 12. The highest BCUT2D eigenvalue weighted by Gasteiger charge is 2.43. The normalized spacial score (nSPS) is 16.6. The third kappa shape index (κ3) is 9.50. The molecule has 1 aromatic carbocycles. The quantitative estimate of drug-likeness (QED) is 0.389. The molecule has 0 saturated carbocycles. The van der Waals surface area contributed by atoms with Crippen LogP contribution >= 0.6 is 0 Å². The fraction of sp³-hybridized carbons (Fsp3) is 0.680. The zero-order chi connectivity index (χ0) is 26.6. The third-order valence-corrected chi connectivity index (χ3v) is 6.49. The minimum absolute atomic E-state index is 0.0792. The number of ether oxygens (including phenoxy) is 3. The second kappa shape index (κ2) is 14.3. The van der Waals surface area contributed by atoms with Crippen molar-refractivity contribution in [1.82, 2.24) is 4.90 Å². The Balaban J connectivity index is 0.000000572. The Morgan fingerprint density at radius 2 is 1.67 bits per heavy atom. The molecular formula is C25H36F3NO7. The molecule has 3 rings (SSSR count). The van der Waals surface area contributed by atoms with E-state index >= 15 is 0 Å². The van der Waals surface area contributed by atoms with E-state index < -0.39 is 18.1 Å². The van der Waals surface area contributed by atoms with Gasteiger partial charge in [-0.05, 0) is 44.8 Å². The standard InChI is InChI=1S/C23H35NO5.C2HF3O2/c1-27-15-5-3-2-4-6-16-28-19-7-8-20-21(17-19)29-18-23(20)10-13-24(14-11-23)12-9-22(25)26;3-2(4,5)1(6)7/h7-8,17H,2-6,9-16,18H2,1H3,(H,25,26);(H,6,7). The number of carboxylic acids is 2. The minimum Gasteiger partial charge on any atom is -0.493 e. The molecule has 2 aliphatic heterocycles. The number of unbranched alkanes of at least 4 members (excludes halogenated alkanes) is 4. The third-order valence-electron chi connectivity index (χ3n) is 6.49. The van der Waals surface area contributed by atoms with Crippen molar-refractivity contribution in [3.63, 3.8) is 0 Å². The summed E-state index contributed by atoms with van der Waals surface area (Å²) in [4.78, 5) is 21.9. The lowest BCUT2D eigenvalue weighted by molar-refractivity contribution is -0.192. The molecule has 2 N–H and O–H groups in total. The van der Waals surface area contributed by atoms with Crippen molar-refractivity contribution in [3.05, 3.63) is 23.8 Å². The van der Waals surface area contributed by atoms with Crippen molar-refractivity contribution in [2.24, 2.45) is 0 Å². The van der Waals surface area contributed by atoms with Crippen molar-refractivity contribution in [2.45, 2.75) is 63.0 Å². The number of hydrogen-bond donors (Lipinski definition) is 2. The second-order valence-corrected chi connectivity index (χ2v) is 9.12. The Hall–Kier alpha value is -2.53. The lowest BCUT2D eigenvalue weighted by Gasteiger charge is -2.38. The molecule has 1 fully saturated rings. The Bertz CT molecular complexity index is 839. The molecule has 204 valence electrons. The number of hydrogen-bond acceptors (Lipinski definition) is 6.